The minimum atomic E-state index is -0.275. The molecule has 74 valence electrons. The molecule has 2 heterocycles. The van der Waals surface area contributed by atoms with E-state index in [1.807, 2.05) is 6.07 Å². The molecule has 0 unspecified atom stereocenters. The summed E-state index contributed by atoms with van der Waals surface area (Å²) in [5.74, 6) is 0. The quantitative estimate of drug-likeness (QED) is 0.649. The van der Waals surface area contributed by atoms with Gasteiger partial charge in [-0.05, 0) is 11.6 Å². The van der Waals surface area contributed by atoms with E-state index in [-0.39, 0.29) is 23.5 Å². The minimum Gasteiger partial charge on any atom is -0.325 e. The standard InChI is InChI=1S/C9H9N3O.ClH/c10-4-6-3-7-5-11-2-1-8(7)12-9(6)13;/h3,11H,1-2,5H2,(H,12,13);1H. The second kappa shape index (κ2) is 4.27. The number of hydrogen-bond acceptors (Lipinski definition) is 3. The monoisotopic (exact) mass is 211 g/mol. The average Bonchev–Trinajstić information content (AvgIpc) is 2.17. The van der Waals surface area contributed by atoms with Gasteiger partial charge in [0.25, 0.3) is 5.56 Å². The first-order chi connectivity index (χ1) is 6.31. The summed E-state index contributed by atoms with van der Waals surface area (Å²) in [6.07, 6.45) is 0.830. The highest BCUT2D eigenvalue weighted by molar-refractivity contribution is 5.85. The maximum absolute atomic E-state index is 11.2. The van der Waals surface area contributed by atoms with Gasteiger partial charge in [0.15, 0.2) is 0 Å². The molecule has 0 aromatic carbocycles. The van der Waals surface area contributed by atoms with Gasteiger partial charge in [-0.3, -0.25) is 4.79 Å². The lowest BCUT2D eigenvalue weighted by atomic mass is 10.1. The van der Waals surface area contributed by atoms with Crippen molar-refractivity contribution in [2.45, 2.75) is 13.0 Å². The highest BCUT2D eigenvalue weighted by Crippen LogP contribution is 2.09. The largest absolute Gasteiger partial charge is 0.325 e. The molecule has 0 amide bonds. The number of pyridine rings is 1. The number of fused-ring (bicyclic) bond motifs is 1. The molecular formula is C9H10ClN3O. The molecule has 1 aliphatic heterocycles. The van der Waals surface area contributed by atoms with Gasteiger partial charge in [-0.2, -0.15) is 5.26 Å². The van der Waals surface area contributed by atoms with Gasteiger partial charge in [-0.1, -0.05) is 0 Å². The number of hydrogen-bond donors (Lipinski definition) is 2. The van der Waals surface area contributed by atoms with E-state index in [0.717, 1.165) is 30.8 Å². The van der Waals surface area contributed by atoms with Crippen LogP contribution < -0.4 is 10.9 Å². The summed E-state index contributed by atoms with van der Waals surface area (Å²) in [5.41, 5.74) is 1.91. The predicted octanol–water partition coefficient (Wildman–Crippen LogP) is 0.314. The molecule has 1 aromatic heterocycles. The molecule has 2 N–H and O–H groups in total. The van der Waals surface area contributed by atoms with Crippen molar-refractivity contribution < 1.29 is 0 Å². The van der Waals surface area contributed by atoms with E-state index in [4.69, 9.17) is 5.26 Å². The molecule has 0 aliphatic carbocycles. The Balaban J connectivity index is 0.000000980. The van der Waals surface area contributed by atoms with E-state index in [9.17, 15) is 4.79 Å². The van der Waals surface area contributed by atoms with Crippen LogP contribution in [0.2, 0.25) is 0 Å². The van der Waals surface area contributed by atoms with Crippen LogP contribution in [-0.2, 0) is 13.0 Å². The van der Waals surface area contributed by atoms with Crippen LogP contribution in [0.5, 0.6) is 0 Å². The summed E-state index contributed by atoms with van der Waals surface area (Å²) in [6.45, 7) is 1.62. The van der Waals surface area contributed by atoms with Gasteiger partial charge in [-0.15, -0.1) is 12.4 Å². The molecule has 4 nitrogen and oxygen atoms in total. The van der Waals surface area contributed by atoms with Gasteiger partial charge in [0.1, 0.15) is 11.6 Å². The van der Waals surface area contributed by atoms with Crippen LogP contribution in [0.1, 0.15) is 16.8 Å². The van der Waals surface area contributed by atoms with E-state index < -0.39 is 0 Å². The molecule has 0 radical (unpaired) electrons. The van der Waals surface area contributed by atoms with Crippen molar-refractivity contribution in [2.24, 2.45) is 0 Å². The van der Waals surface area contributed by atoms with Crippen molar-refractivity contribution >= 4 is 12.4 Å². The summed E-state index contributed by atoms with van der Waals surface area (Å²) in [7, 11) is 0. The first-order valence-corrected chi connectivity index (χ1v) is 4.17. The Morgan fingerprint density at radius 2 is 2.29 bits per heavy atom. The molecule has 14 heavy (non-hydrogen) atoms. The Labute approximate surface area is 87.4 Å². The molecule has 2 rings (SSSR count). The number of aromatic amines is 1. The summed E-state index contributed by atoms with van der Waals surface area (Å²) in [6, 6.07) is 3.54. The highest BCUT2D eigenvalue weighted by atomic mass is 35.5. The van der Waals surface area contributed by atoms with Crippen LogP contribution in [0.25, 0.3) is 0 Å². The molecular weight excluding hydrogens is 202 g/mol. The minimum absolute atomic E-state index is 0. The average molecular weight is 212 g/mol. The van der Waals surface area contributed by atoms with E-state index in [0.29, 0.717) is 0 Å². The SMILES string of the molecule is Cl.N#Cc1cc2c([nH]c1=O)CCNC2. The van der Waals surface area contributed by atoms with Crippen molar-refractivity contribution in [3.05, 3.63) is 33.2 Å². The smallest absolute Gasteiger partial charge is 0.266 e. The topological polar surface area (TPSA) is 68.7 Å². The number of nitrogens with zero attached hydrogens (tertiary/aromatic N) is 1. The fraction of sp³-hybridized carbons (Fsp3) is 0.333. The Morgan fingerprint density at radius 3 is 3.00 bits per heavy atom. The van der Waals surface area contributed by atoms with E-state index in [1.54, 1.807) is 6.07 Å². The van der Waals surface area contributed by atoms with Crippen molar-refractivity contribution in [1.29, 1.82) is 5.26 Å². The second-order valence-electron chi connectivity index (χ2n) is 3.05. The third-order valence-electron chi connectivity index (χ3n) is 2.20. The number of nitrogens with one attached hydrogen (secondary N) is 2. The lowest BCUT2D eigenvalue weighted by Crippen LogP contribution is -2.27. The van der Waals surface area contributed by atoms with Crippen molar-refractivity contribution in [2.75, 3.05) is 6.54 Å². The third kappa shape index (κ3) is 1.79. The Hall–Kier alpha value is -1.31. The van der Waals surface area contributed by atoms with Crippen LogP contribution in [0.4, 0.5) is 0 Å². The van der Waals surface area contributed by atoms with Gasteiger partial charge in [0.2, 0.25) is 0 Å². The van der Waals surface area contributed by atoms with Gasteiger partial charge in [-0.25, -0.2) is 0 Å². The molecule has 0 saturated heterocycles. The molecule has 0 bridgehead atoms. The maximum Gasteiger partial charge on any atom is 0.266 e. The molecule has 0 fully saturated rings. The molecule has 1 aliphatic rings. The first-order valence-electron chi connectivity index (χ1n) is 4.17. The lowest BCUT2D eigenvalue weighted by molar-refractivity contribution is 0.628. The van der Waals surface area contributed by atoms with Crippen molar-refractivity contribution in [3.63, 3.8) is 0 Å². The summed E-state index contributed by atoms with van der Waals surface area (Å²) >= 11 is 0. The van der Waals surface area contributed by atoms with Gasteiger partial charge in [0.05, 0.1) is 0 Å². The van der Waals surface area contributed by atoms with Crippen molar-refractivity contribution in [1.82, 2.24) is 10.3 Å². The summed E-state index contributed by atoms with van der Waals surface area (Å²) in [4.78, 5) is 14.0. The van der Waals surface area contributed by atoms with E-state index in [1.165, 1.54) is 0 Å². The normalized spacial score (nSPS) is 13.6. The first kappa shape index (κ1) is 10.8. The van der Waals surface area contributed by atoms with E-state index in [2.05, 4.69) is 10.3 Å². The van der Waals surface area contributed by atoms with Crippen LogP contribution in [0.3, 0.4) is 0 Å². The Morgan fingerprint density at radius 1 is 1.50 bits per heavy atom. The summed E-state index contributed by atoms with van der Waals surface area (Å²) < 4.78 is 0. The van der Waals surface area contributed by atoms with Crippen LogP contribution in [0.15, 0.2) is 10.9 Å². The third-order valence-corrected chi connectivity index (χ3v) is 2.20. The molecule has 0 atom stereocenters. The Kier molecular flexibility index (Phi) is 3.28. The van der Waals surface area contributed by atoms with Crippen LogP contribution in [-0.4, -0.2) is 11.5 Å². The second-order valence-corrected chi connectivity index (χ2v) is 3.05. The Bertz CT molecular complexity index is 433. The molecule has 1 aromatic rings. The lowest BCUT2D eigenvalue weighted by Gasteiger charge is -2.15. The molecule has 0 saturated carbocycles. The predicted molar refractivity (Wildman–Crippen MR) is 54.4 cm³/mol. The zero-order valence-electron chi connectivity index (χ0n) is 7.46. The fourth-order valence-corrected chi connectivity index (χ4v) is 1.51. The van der Waals surface area contributed by atoms with Gasteiger partial charge in [0, 0.05) is 25.2 Å². The van der Waals surface area contributed by atoms with Gasteiger partial charge < -0.3 is 10.3 Å². The highest BCUT2D eigenvalue weighted by Gasteiger charge is 2.11. The van der Waals surface area contributed by atoms with E-state index >= 15 is 0 Å². The zero-order chi connectivity index (χ0) is 9.26. The maximum atomic E-state index is 11.2. The number of rotatable bonds is 0. The number of nitriles is 1. The van der Waals surface area contributed by atoms with Crippen LogP contribution in [0, 0.1) is 11.3 Å². The number of halogens is 1. The van der Waals surface area contributed by atoms with Crippen molar-refractivity contribution in [3.8, 4) is 6.07 Å². The molecule has 5 heteroatoms. The fourth-order valence-electron chi connectivity index (χ4n) is 1.51. The zero-order valence-corrected chi connectivity index (χ0v) is 8.28. The number of H-pyrrole nitrogens is 1. The summed E-state index contributed by atoms with van der Waals surface area (Å²) in [5, 5.41) is 11.8. The van der Waals surface area contributed by atoms with Gasteiger partial charge >= 0.3 is 0 Å². The number of aromatic nitrogens is 1. The molecule has 0 spiro atoms. The van der Waals surface area contributed by atoms with Crippen LogP contribution >= 0.6 is 12.4 Å².